The van der Waals surface area contributed by atoms with Crippen LogP contribution < -0.4 is 5.32 Å². The number of allylic oxidation sites excluding steroid dienone is 2. The third-order valence-corrected chi connectivity index (χ3v) is 3.37. The number of hydrogen-bond acceptors (Lipinski definition) is 3. The van der Waals surface area contributed by atoms with Gasteiger partial charge in [-0.2, -0.15) is 0 Å². The van der Waals surface area contributed by atoms with Gasteiger partial charge in [0.2, 0.25) is 0 Å². The SMILES string of the molecule is CC(C)C[C@H](NC[C@@H]1CC=CCC1)C(=O)OC(C)C. The van der Waals surface area contributed by atoms with E-state index in [0.717, 1.165) is 25.8 Å². The molecule has 3 heteroatoms. The van der Waals surface area contributed by atoms with Gasteiger partial charge in [-0.25, -0.2) is 0 Å². The van der Waals surface area contributed by atoms with Crippen LogP contribution in [0.1, 0.15) is 53.4 Å². The Balaban J connectivity index is 2.44. The molecular weight excluding hydrogens is 238 g/mol. The molecule has 0 aromatic rings. The molecule has 0 saturated heterocycles. The van der Waals surface area contributed by atoms with Gasteiger partial charge in [-0.15, -0.1) is 0 Å². The van der Waals surface area contributed by atoms with Crippen molar-refractivity contribution in [1.82, 2.24) is 5.32 Å². The maximum absolute atomic E-state index is 12.1. The molecule has 0 aliphatic heterocycles. The van der Waals surface area contributed by atoms with Crippen molar-refractivity contribution in [2.45, 2.75) is 65.5 Å². The molecule has 1 N–H and O–H groups in total. The Morgan fingerprint density at radius 1 is 1.32 bits per heavy atom. The van der Waals surface area contributed by atoms with Gasteiger partial charge in [0.25, 0.3) is 0 Å². The molecule has 0 saturated carbocycles. The van der Waals surface area contributed by atoms with Crippen LogP contribution in [0.2, 0.25) is 0 Å². The molecule has 0 heterocycles. The van der Waals surface area contributed by atoms with E-state index in [1.54, 1.807) is 0 Å². The van der Waals surface area contributed by atoms with Gasteiger partial charge in [-0.3, -0.25) is 4.79 Å². The Morgan fingerprint density at radius 2 is 2.05 bits per heavy atom. The summed E-state index contributed by atoms with van der Waals surface area (Å²) in [6.07, 6.45) is 8.81. The molecule has 2 atom stereocenters. The Kier molecular flexibility index (Phi) is 7.14. The lowest BCUT2D eigenvalue weighted by Gasteiger charge is -2.24. The number of ether oxygens (including phenoxy) is 1. The van der Waals surface area contributed by atoms with Crippen LogP contribution in [0.5, 0.6) is 0 Å². The zero-order chi connectivity index (χ0) is 14.3. The lowest BCUT2D eigenvalue weighted by Crippen LogP contribution is -2.42. The first-order chi connectivity index (χ1) is 8.99. The van der Waals surface area contributed by atoms with E-state index < -0.39 is 0 Å². The summed E-state index contributed by atoms with van der Waals surface area (Å²) in [5, 5.41) is 3.42. The van der Waals surface area contributed by atoms with E-state index >= 15 is 0 Å². The molecule has 0 aromatic carbocycles. The molecule has 1 aliphatic carbocycles. The predicted octanol–water partition coefficient (Wildman–Crippen LogP) is 3.30. The second-order valence-electron chi connectivity index (χ2n) is 6.23. The van der Waals surface area contributed by atoms with Crippen molar-refractivity contribution in [3.8, 4) is 0 Å². The Bertz CT molecular complexity index is 297. The van der Waals surface area contributed by atoms with Crippen molar-refractivity contribution >= 4 is 5.97 Å². The van der Waals surface area contributed by atoms with Gasteiger partial charge in [0.15, 0.2) is 0 Å². The van der Waals surface area contributed by atoms with E-state index in [0.29, 0.717) is 11.8 Å². The number of carbonyl (C=O) groups is 1. The van der Waals surface area contributed by atoms with E-state index in [9.17, 15) is 4.79 Å². The van der Waals surface area contributed by atoms with Crippen LogP contribution in [0.3, 0.4) is 0 Å². The van der Waals surface area contributed by atoms with Crippen molar-refractivity contribution in [3.05, 3.63) is 12.2 Å². The van der Waals surface area contributed by atoms with Gasteiger partial charge in [-0.1, -0.05) is 26.0 Å². The molecule has 0 spiro atoms. The van der Waals surface area contributed by atoms with Crippen molar-refractivity contribution in [1.29, 1.82) is 0 Å². The summed E-state index contributed by atoms with van der Waals surface area (Å²) in [4.78, 5) is 12.1. The zero-order valence-corrected chi connectivity index (χ0v) is 12.8. The highest BCUT2D eigenvalue weighted by Gasteiger charge is 2.23. The molecule has 1 aliphatic rings. The maximum atomic E-state index is 12.1. The fraction of sp³-hybridized carbons (Fsp3) is 0.812. The Labute approximate surface area is 117 Å². The average Bonchev–Trinajstić information content (AvgIpc) is 2.34. The van der Waals surface area contributed by atoms with E-state index in [-0.39, 0.29) is 18.1 Å². The first-order valence-electron chi connectivity index (χ1n) is 7.58. The van der Waals surface area contributed by atoms with Crippen LogP contribution in [0.4, 0.5) is 0 Å². The maximum Gasteiger partial charge on any atom is 0.323 e. The largest absolute Gasteiger partial charge is 0.462 e. The van der Waals surface area contributed by atoms with E-state index in [4.69, 9.17) is 4.74 Å². The quantitative estimate of drug-likeness (QED) is 0.568. The topological polar surface area (TPSA) is 38.3 Å². The van der Waals surface area contributed by atoms with Gasteiger partial charge in [-0.05, 0) is 57.9 Å². The summed E-state index contributed by atoms with van der Waals surface area (Å²) in [5.41, 5.74) is 0. The van der Waals surface area contributed by atoms with E-state index in [1.807, 2.05) is 13.8 Å². The third kappa shape index (κ3) is 6.76. The third-order valence-electron chi connectivity index (χ3n) is 3.37. The van der Waals surface area contributed by atoms with E-state index in [1.165, 1.54) is 6.42 Å². The van der Waals surface area contributed by atoms with Gasteiger partial charge in [0.05, 0.1) is 6.10 Å². The highest BCUT2D eigenvalue weighted by atomic mass is 16.5. The molecule has 0 aromatic heterocycles. The highest BCUT2D eigenvalue weighted by molar-refractivity contribution is 5.75. The fourth-order valence-corrected chi connectivity index (χ4v) is 2.40. The van der Waals surface area contributed by atoms with Crippen LogP contribution in [-0.2, 0) is 9.53 Å². The number of nitrogens with one attached hydrogen (secondary N) is 1. The molecule has 19 heavy (non-hydrogen) atoms. The van der Waals surface area contributed by atoms with Crippen molar-refractivity contribution in [2.75, 3.05) is 6.54 Å². The summed E-state index contributed by atoms with van der Waals surface area (Å²) in [6.45, 7) is 8.99. The first-order valence-corrected chi connectivity index (χ1v) is 7.58. The van der Waals surface area contributed by atoms with Gasteiger partial charge >= 0.3 is 5.97 Å². The molecule has 110 valence electrons. The van der Waals surface area contributed by atoms with Gasteiger partial charge in [0, 0.05) is 0 Å². The summed E-state index contributed by atoms with van der Waals surface area (Å²) in [5.74, 6) is 1.05. The van der Waals surface area contributed by atoms with Crippen LogP contribution in [0.15, 0.2) is 12.2 Å². The normalized spacial score (nSPS) is 20.8. The second-order valence-corrected chi connectivity index (χ2v) is 6.23. The van der Waals surface area contributed by atoms with Gasteiger partial charge in [0.1, 0.15) is 6.04 Å². The number of hydrogen-bond donors (Lipinski definition) is 1. The summed E-state index contributed by atoms with van der Waals surface area (Å²) in [6, 6.07) is -0.159. The van der Waals surface area contributed by atoms with Crippen molar-refractivity contribution in [2.24, 2.45) is 11.8 Å². The number of esters is 1. The van der Waals surface area contributed by atoms with Crippen LogP contribution in [0.25, 0.3) is 0 Å². The lowest BCUT2D eigenvalue weighted by molar-refractivity contribution is -0.150. The number of carbonyl (C=O) groups excluding carboxylic acids is 1. The van der Waals surface area contributed by atoms with Crippen LogP contribution in [-0.4, -0.2) is 24.7 Å². The second kappa shape index (κ2) is 8.36. The predicted molar refractivity (Wildman–Crippen MR) is 79.0 cm³/mol. The molecule has 0 bridgehead atoms. The Hall–Kier alpha value is -0.830. The van der Waals surface area contributed by atoms with Crippen molar-refractivity contribution in [3.63, 3.8) is 0 Å². The molecule has 1 rings (SSSR count). The summed E-state index contributed by atoms with van der Waals surface area (Å²) in [7, 11) is 0. The molecule has 0 fully saturated rings. The lowest BCUT2D eigenvalue weighted by atomic mass is 9.93. The smallest absolute Gasteiger partial charge is 0.323 e. The van der Waals surface area contributed by atoms with Crippen LogP contribution in [0, 0.1) is 11.8 Å². The minimum Gasteiger partial charge on any atom is -0.462 e. The monoisotopic (exact) mass is 267 g/mol. The minimum atomic E-state index is -0.159. The van der Waals surface area contributed by atoms with Crippen molar-refractivity contribution < 1.29 is 9.53 Å². The highest BCUT2D eigenvalue weighted by Crippen LogP contribution is 2.18. The molecule has 0 radical (unpaired) electrons. The summed E-state index contributed by atoms with van der Waals surface area (Å²) >= 11 is 0. The standard InChI is InChI=1S/C16H29NO2/c1-12(2)10-15(16(18)19-13(3)4)17-11-14-8-6-5-7-9-14/h5-6,12-15,17H,7-11H2,1-4H3/t14-,15+/m1/s1. The van der Waals surface area contributed by atoms with Gasteiger partial charge < -0.3 is 10.1 Å². The average molecular weight is 267 g/mol. The zero-order valence-electron chi connectivity index (χ0n) is 12.8. The molecular formula is C16H29NO2. The molecule has 3 nitrogen and oxygen atoms in total. The van der Waals surface area contributed by atoms with E-state index in [2.05, 4.69) is 31.3 Å². The summed E-state index contributed by atoms with van der Waals surface area (Å²) < 4.78 is 5.34. The minimum absolute atomic E-state index is 0.0402. The number of rotatable bonds is 7. The molecule has 0 amide bonds. The first kappa shape index (κ1) is 16.2. The molecule has 0 unspecified atom stereocenters. The fourth-order valence-electron chi connectivity index (χ4n) is 2.40. The van der Waals surface area contributed by atoms with Crippen LogP contribution >= 0.6 is 0 Å². The Morgan fingerprint density at radius 3 is 2.58 bits per heavy atom.